The van der Waals surface area contributed by atoms with Crippen LogP contribution in [0, 0.1) is 0 Å². The van der Waals surface area contributed by atoms with Crippen LogP contribution in [0.4, 0.5) is 11.5 Å². The van der Waals surface area contributed by atoms with Gasteiger partial charge in [-0.3, -0.25) is 4.31 Å². The number of nitrogens with zero attached hydrogens (tertiary/aromatic N) is 2. The fourth-order valence-corrected chi connectivity index (χ4v) is 3.52. The maximum absolute atomic E-state index is 12.8. The maximum atomic E-state index is 12.8. The van der Waals surface area contributed by atoms with E-state index in [4.69, 9.17) is 0 Å². The molecule has 1 aromatic heterocycles. The molecule has 0 aliphatic carbocycles. The van der Waals surface area contributed by atoms with Crippen LogP contribution in [0.25, 0.3) is 0 Å². The molecule has 0 unspecified atom stereocenters. The lowest BCUT2D eigenvalue weighted by Gasteiger charge is -2.22. The lowest BCUT2D eigenvalue weighted by molar-refractivity contribution is 0.591. The molecule has 0 saturated heterocycles. The number of hydrogen-bond acceptors (Lipinski definition) is 4. The largest absolute Gasteiger partial charge is 0.370 e. The van der Waals surface area contributed by atoms with E-state index in [0.717, 1.165) is 13.0 Å². The Morgan fingerprint density at radius 1 is 1.09 bits per heavy atom. The molecule has 1 N–H and O–H groups in total. The fraction of sp³-hybridized carbons (Fsp3) is 0.312. The van der Waals surface area contributed by atoms with Crippen LogP contribution in [0.2, 0.25) is 0 Å². The van der Waals surface area contributed by atoms with Gasteiger partial charge in [0, 0.05) is 19.3 Å². The van der Waals surface area contributed by atoms with Gasteiger partial charge in [-0.2, -0.15) is 0 Å². The lowest BCUT2D eigenvalue weighted by atomic mass is 10.3. The molecular weight excluding hydrogens is 298 g/mol. The molecule has 0 fully saturated rings. The molecule has 1 aromatic carbocycles. The molecule has 0 amide bonds. The van der Waals surface area contributed by atoms with Gasteiger partial charge in [-0.1, -0.05) is 25.1 Å². The normalized spacial score (nSPS) is 11.2. The molecule has 1 heterocycles. The van der Waals surface area contributed by atoms with Gasteiger partial charge in [-0.25, -0.2) is 13.4 Å². The summed E-state index contributed by atoms with van der Waals surface area (Å²) in [6, 6.07) is 12.4. The maximum Gasteiger partial charge on any atom is 0.265 e. The third-order valence-electron chi connectivity index (χ3n) is 3.21. The predicted molar refractivity (Wildman–Crippen MR) is 89.7 cm³/mol. The van der Waals surface area contributed by atoms with Crippen LogP contribution in [0.1, 0.15) is 20.3 Å². The Morgan fingerprint density at radius 2 is 1.82 bits per heavy atom. The van der Waals surface area contributed by atoms with E-state index in [0.29, 0.717) is 18.1 Å². The number of aromatic nitrogens is 1. The first-order valence-electron chi connectivity index (χ1n) is 7.37. The van der Waals surface area contributed by atoms with Gasteiger partial charge in [0.25, 0.3) is 10.0 Å². The van der Waals surface area contributed by atoms with Crippen molar-refractivity contribution in [2.45, 2.75) is 25.2 Å². The monoisotopic (exact) mass is 319 g/mol. The zero-order valence-electron chi connectivity index (χ0n) is 12.9. The number of para-hydroxylation sites is 1. The van der Waals surface area contributed by atoms with E-state index in [9.17, 15) is 8.42 Å². The third-order valence-corrected chi connectivity index (χ3v) is 5.10. The minimum Gasteiger partial charge on any atom is -0.370 e. The van der Waals surface area contributed by atoms with Gasteiger partial charge in [0.15, 0.2) is 0 Å². The number of pyridine rings is 1. The van der Waals surface area contributed by atoms with E-state index < -0.39 is 10.0 Å². The Bertz CT molecular complexity index is 685. The average molecular weight is 319 g/mol. The topological polar surface area (TPSA) is 62.3 Å². The van der Waals surface area contributed by atoms with Crippen molar-refractivity contribution >= 4 is 21.5 Å². The summed E-state index contributed by atoms with van der Waals surface area (Å²) in [5, 5.41) is 3.13. The molecule has 0 aliphatic rings. The number of anilines is 2. The first-order valence-corrected chi connectivity index (χ1v) is 8.81. The predicted octanol–water partition coefficient (Wildman–Crippen LogP) is 3.12. The highest BCUT2D eigenvalue weighted by Crippen LogP contribution is 2.23. The summed E-state index contributed by atoms with van der Waals surface area (Å²) in [6.07, 6.45) is 2.39. The second-order valence-corrected chi connectivity index (χ2v) is 6.67. The molecule has 0 radical (unpaired) electrons. The van der Waals surface area contributed by atoms with Gasteiger partial charge in [0.05, 0.1) is 5.69 Å². The Hall–Kier alpha value is -2.08. The Morgan fingerprint density at radius 3 is 2.36 bits per heavy atom. The molecule has 2 rings (SSSR count). The van der Waals surface area contributed by atoms with Crippen molar-refractivity contribution in [2.24, 2.45) is 0 Å². The van der Waals surface area contributed by atoms with Crippen LogP contribution < -0.4 is 9.62 Å². The Kier molecular flexibility index (Phi) is 5.38. The van der Waals surface area contributed by atoms with Crippen LogP contribution in [-0.2, 0) is 10.0 Å². The molecular formula is C16H21N3O2S. The fourth-order valence-electron chi connectivity index (χ4n) is 2.10. The standard InChI is InChI=1S/C16H21N3O2S/c1-3-12-17-16-11-10-15(13-18-16)22(20,21)19(4-2)14-8-6-5-7-9-14/h5-11,13H,3-4,12H2,1-2H3,(H,17,18). The Labute approximate surface area is 132 Å². The van der Waals surface area contributed by atoms with Gasteiger partial charge in [-0.05, 0) is 37.6 Å². The highest BCUT2D eigenvalue weighted by atomic mass is 32.2. The van der Waals surface area contributed by atoms with E-state index in [1.165, 1.54) is 10.5 Å². The summed E-state index contributed by atoms with van der Waals surface area (Å²) in [6.45, 7) is 5.05. The molecule has 6 heteroatoms. The second-order valence-electron chi connectivity index (χ2n) is 4.81. The van der Waals surface area contributed by atoms with Gasteiger partial charge in [-0.15, -0.1) is 0 Å². The second kappa shape index (κ2) is 7.26. The molecule has 0 saturated carbocycles. The highest BCUT2D eigenvalue weighted by Gasteiger charge is 2.23. The SMILES string of the molecule is CCCNc1ccc(S(=O)(=O)N(CC)c2ccccc2)cn1. The number of nitrogens with one attached hydrogen (secondary N) is 1. The van der Waals surface area contributed by atoms with Crippen LogP contribution in [0.5, 0.6) is 0 Å². The first-order chi connectivity index (χ1) is 10.6. The molecule has 22 heavy (non-hydrogen) atoms. The van der Waals surface area contributed by atoms with Crippen molar-refractivity contribution in [3.63, 3.8) is 0 Å². The van der Waals surface area contributed by atoms with E-state index in [-0.39, 0.29) is 4.90 Å². The summed E-state index contributed by atoms with van der Waals surface area (Å²) in [5.74, 6) is 0.684. The van der Waals surface area contributed by atoms with E-state index >= 15 is 0 Å². The van der Waals surface area contributed by atoms with E-state index in [2.05, 4.69) is 17.2 Å². The van der Waals surface area contributed by atoms with Crippen molar-refractivity contribution in [1.29, 1.82) is 0 Å². The van der Waals surface area contributed by atoms with Crippen LogP contribution >= 0.6 is 0 Å². The molecule has 5 nitrogen and oxygen atoms in total. The minimum absolute atomic E-state index is 0.195. The van der Waals surface area contributed by atoms with Crippen molar-refractivity contribution in [1.82, 2.24) is 4.98 Å². The number of rotatable bonds is 7. The van der Waals surface area contributed by atoms with Crippen LogP contribution in [0.15, 0.2) is 53.6 Å². The van der Waals surface area contributed by atoms with Gasteiger partial charge in [0.1, 0.15) is 10.7 Å². The molecule has 118 valence electrons. The first kappa shape index (κ1) is 16.3. The van der Waals surface area contributed by atoms with E-state index in [1.54, 1.807) is 24.3 Å². The van der Waals surface area contributed by atoms with Crippen molar-refractivity contribution in [3.05, 3.63) is 48.7 Å². The van der Waals surface area contributed by atoms with Gasteiger partial charge < -0.3 is 5.32 Å². The van der Waals surface area contributed by atoms with Gasteiger partial charge in [0.2, 0.25) is 0 Å². The lowest BCUT2D eigenvalue weighted by Crippen LogP contribution is -2.30. The summed E-state index contributed by atoms with van der Waals surface area (Å²) < 4.78 is 26.9. The average Bonchev–Trinajstić information content (AvgIpc) is 2.55. The molecule has 0 spiro atoms. The smallest absolute Gasteiger partial charge is 0.265 e. The van der Waals surface area contributed by atoms with E-state index in [1.807, 2.05) is 25.1 Å². The molecule has 0 bridgehead atoms. The Balaban J connectivity index is 2.28. The van der Waals surface area contributed by atoms with Crippen LogP contribution in [-0.4, -0.2) is 26.5 Å². The quantitative estimate of drug-likeness (QED) is 0.852. The third kappa shape index (κ3) is 3.57. The number of sulfonamides is 1. The summed E-state index contributed by atoms with van der Waals surface area (Å²) in [7, 11) is -3.60. The van der Waals surface area contributed by atoms with Crippen LogP contribution in [0.3, 0.4) is 0 Å². The van der Waals surface area contributed by atoms with Crippen molar-refractivity contribution in [3.8, 4) is 0 Å². The summed E-state index contributed by atoms with van der Waals surface area (Å²) >= 11 is 0. The molecule has 2 aromatic rings. The highest BCUT2D eigenvalue weighted by molar-refractivity contribution is 7.92. The minimum atomic E-state index is -3.60. The van der Waals surface area contributed by atoms with Crippen molar-refractivity contribution < 1.29 is 8.42 Å². The molecule has 0 atom stereocenters. The summed E-state index contributed by atoms with van der Waals surface area (Å²) in [4.78, 5) is 4.37. The van der Waals surface area contributed by atoms with Crippen molar-refractivity contribution in [2.75, 3.05) is 22.7 Å². The molecule has 0 aliphatic heterocycles. The zero-order valence-corrected chi connectivity index (χ0v) is 13.7. The summed E-state index contributed by atoms with van der Waals surface area (Å²) in [5.41, 5.74) is 0.651. The number of hydrogen-bond donors (Lipinski definition) is 1. The zero-order chi connectivity index (χ0) is 16.0. The number of benzene rings is 1. The van der Waals surface area contributed by atoms with Gasteiger partial charge >= 0.3 is 0 Å².